The van der Waals surface area contributed by atoms with Gasteiger partial charge in [0.25, 0.3) is 0 Å². The van der Waals surface area contributed by atoms with Crippen LogP contribution in [0, 0.1) is 0 Å². The quantitative estimate of drug-likeness (QED) is 0.669. The van der Waals surface area contributed by atoms with Gasteiger partial charge in [-0.15, -0.1) is 0 Å². The van der Waals surface area contributed by atoms with Crippen molar-refractivity contribution in [1.82, 2.24) is 4.90 Å². The molecule has 4 nitrogen and oxygen atoms in total. The van der Waals surface area contributed by atoms with Gasteiger partial charge < -0.3 is 14.4 Å². The van der Waals surface area contributed by atoms with Crippen molar-refractivity contribution in [2.45, 2.75) is 53.1 Å². The molecular formula is C13H29NO3. The predicted molar refractivity (Wildman–Crippen MR) is 72.1 cm³/mol. The number of carbonyl (C=O) groups excluding carboxylic acids is 2. The fourth-order valence-electron chi connectivity index (χ4n) is 0.847. The number of amides is 1. The minimum Gasteiger partial charge on any atom is -0.379 e. The smallest absolute Gasteiger partial charge is 0.209 e. The Morgan fingerprint density at radius 1 is 1.12 bits per heavy atom. The van der Waals surface area contributed by atoms with Gasteiger partial charge in [0.2, 0.25) is 6.41 Å². The Balaban J connectivity index is -0.000000180. The molecule has 1 amide bonds. The second kappa shape index (κ2) is 15.1. The number of rotatable bonds is 1. The highest BCUT2D eigenvalue weighted by Gasteiger charge is 2.06. The van der Waals surface area contributed by atoms with Crippen LogP contribution in [-0.4, -0.2) is 43.9 Å². The first-order valence-electron chi connectivity index (χ1n) is 6.03. The fourth-order valence-corrected chi connectivity index (χ4v) is 0.847. The van der Waals surface area contributed by atoms with Crippen LogP contribution in [0.2, 0.25) is 0 Å². The van der Waals surface area contributed by atoms with E-state index in [9.17, 15) is 4.79 Å². The van der Waals surface area contributed by atoms with E-state index in [0.29, 0.717) is 0 Å². The Morgan fingerprint density at radius 2 is 1.41 bits per heavy atom. The average molecular weight is 247 g/mol. The van der Waals surface area contributed by atoms with Crippen LogP contribution in [-0.2, 0) is 14.3 Å². The number of nitrogens with zero attached hydrogens (tertiary/aromatic N) is 1. The van der Waals surface area contributed by atoms with E-state index in [1.807, 2.05) is 41.4 Å². The zero-order valence-electron chi connectivity index (χ0n) is 12.3. The van der Waals surface area contributed by atoms with E-state index < -0.39 is 0 Å². The Bertz CT molecular complexity index is 149. The lowest BCUT2D eigenvalue weighted by Crippen LogP contribution is -2.15. The van der Waals surface area contributed by atoms with E-state index in [1.54, 1.807) is 12.0 Å². The van der Waals surface area contributed by atoms with Crippen LogP contribution in [0.5, 0.6) is 0 Å². The first-order chi connectivity index (χ1) is 7.99. The molecule has 0 atom stereocenters. The van der Waals surface area contributed by atoms with Gasteiger partial charge in [-0.2, -0.15) is 0 Å². The zero-order valence-corrected chi connectivity index (χ0v) is 12.3. The van der Waals surface area contributed by atoms with Crippen molar-refractivity contribution in [3.8, 4) is 0 Å². The zero-order chi connectivity index (χ0) is 14.3. The molecule has 0 bridgehead atoms. The van der Waals surface area contributed by atoms with Crippen molar-refractivity contribution in [3.63, 3.8) is 0 Å². The normalized spacial score (nSPS) is 13.2. The monoisotopic (exact) mass is 247 g/mol. The minimum atomic E-state index is 0.0417. The SMILES string of the molecule is C=O.CC.COC(C)(C)C.O=CN1CCCC1. The maximum atomic E-state index is 9.93. The third-order valence-corrected chi connectivity index (χ3v) is 1.90. The van der Waals surface area contributed by atoms with Crippen molar-refractivity contribution in [2.24, 2.45) is 0 Å². The number of ether oxygens (including phenoxy) is 1. The van der Waals surface area contributed by atoms with Crippen LogP contribution in [0.1, 0.15) is 47.5 Å². The van der Waals surface area contributed by atoms with E-state index in [-0.39, 0.29) is 5.60 Å². The molecule has 4 heteroatoms. The highest BCUT2D eigenvalue weighted by molar-refractivity contribution is 5.47. The third kappa shape index (κ3) is 21.0. The molecule has 0 saturated carbocycles. The molecule has 17 heavy (non-hydrogen) atoms. The van der Waals surface area contributed by atoms with Crippen molar-refractivity contribution in [3.05, 3.63) is 0 Å². The van der Waals surface area contributed by atoms with Crippen LogP contribution in [0.15, 0.2) is 0 Å². The topological polar surface area (TPSA) is 46.6 Å². The van der Waals surface area contributed by atoms with Crippen molar-refractivity contribution in [1.29, 1.82) is 0 Å². The van der Waals surface area contributed by atoms with Gasteiger partial charge >= 0.3 is 0 Å². The molecule has 0 radical (unpaired) electrons. The number of methoxy groups -OCH3 is 1. The van der Waals surface area contributed by atoms with E-state index in [1.165, 1.54) is 12.8 Å². The lowest BCUT2D eigenvalue weighted by molar-refractivity contribution is -0.117. The maximum absolute atomic E-state index is 9.93. The maximum Gasteiger partial charge on any atom is 0.209 e. The van der Waals surface area contributed by atoms with Gasteiger partial charge in [0.05, 0.1) is 5.60 Å². The summed E-state index contributed by atoms with van der Waals surface area (Å²) in [6.45, 7) is 14.0. The molecule has 0 aromatic rings. The number of hydrogen-bond acceptors (Lipinski definition) is 3. The van der Waals surface area contributed by atoms with Crippen molar-refractivity contribution >= 4 is 13.2 Å². The van der Waals surface area contributed by atoms with Gasteiger partial charge in [-0.3, -0.25) is 4.79 Å². The molecular weight excluding hydrogens is 218 g/mol. The van der Waals surface area contributed by atoms with Crippen LogP contribution in [0.25, 0.3) is 0 Å². The molecule has 0 spiro atoms. The first kappa shape index (κ1) is 21.4. The first-order valence-corrected chi connectivity index (χ1v) is 6.03. The Hall–Kier alpha value is -0.900. The highest BCUT2D eigenvalue weighted by Crippen LogP contribution is 2.03. The lowest BCUT2D eigenvalue weighted by atomic mass is 10.2. The lowest BCUT2D eigenvalue weighted by Gasteiger charge is -2.14. The summed E-state index contributed by atoms with van der Waals surface area (Å²) in [6.07, 6.45) is 3.31. The van der Waals surface area contributed by atoms with Crippen molar-refractivity contribution < 1.29 is 14.3 Å². The second-order valence-electron chi connectivity index (χ2n) is 4.16. The van der Waals surface area contributed by atoms with E-state index in [2.05, 4.69) is 0 Å². The van der Waals surface area contributed by atoms with E-state index in [4.69, 9.17) is 9.53 Å². The minimum absolute atomic E-state index is 0.0417. The summed E-state index contributed by atoms with van der Waals surface area (Å²) in [7, 11) is 1.71. The summed E-state index contributed by atoms with van der Waals surface area (Å²) >= 11 is 0. The van der Waals surface area contributed by atoms with Gasteiger partial charge in [0.15, 0.2) is 0 Å². The molecule has 1 saturated heterocycles. The Morgan fingerprint density at radius 3 is 1.53 bits per heavy atom. The molecule has 104 valence electrons. The summed E-state index contributed by atoms with van der Waals surface area (Å²) in [5.41, 5.74) is 0.0417. The molecule has 1 aliphatic heterocycles. The standard InChI is InChI=1S/C5H9NO.C5H12O.C2H6.CH2O/c7-5-6-3-1-2-4-6;1-5(2,3)6-4;2*1-2/h5H,1-4H2;1-4H3;1-2H3;1H2. The Labute approximate surface area is 106 Å². The summed E-state index contributed by atoms with van der Waals surface area (Å²) in [6, 6.07) is 0. The molecule has 0 aliphatic carbocycles. The summed E-state index contributed by atoms with van der Waals surface area (Å²) in [5.74, 6) is 0. The fraction of sp³-hybridized carbons (Fsp3) is 0.846. The second-order valence-corrected chi connectivity index (χ2v) is 4.16. The molecule has 0 unspecified atom stereocenters. The molecule has 1 heterocycles. The highest BCUT2D eigenvalue weighted by atomic mass is 16.5. The molecule has 0 N–H and O–H groups in total. The number of hydrogen-bond donors (Lipinski definition) is 0. The summed E-state index contributed by atoms with van der Waals surface area (Å²) in [5, 5.41) is 0. The van der Waals surface area contributed by atoms with Gasteiger partial charge in [-0.05, 0) is 33.6 Å². The van der Waals surface area contributed by atoms with E-state index in [0.717, 1.165) is 19.5 Å². The van der Waals surface area contributed by atoms with Gasteiger partial charge in [0.1, 0.15) is 6.79 Å². The Kier molecular flexibility index (Phi) is 19.0. The van der Waals surface area contributed by atoms with E-state index >= 15 is 0 Å². The van der Waals surface area contributed by atoms with Crippen LogP contribution < -0.4 is 0 Å². The average Bonchev–Trinajstić information content (AvgIpc) is 2.87. The number of carbonyl (C=O) groups is 2. The summed E-state index contributed by atoms with van der Waals surface area (Å²) in [4.78, 5) is 19.7. The van der Waals surface area contributed by atoms with Crippen molar-refractivity contribution in [2.75, 3.05) is 20.2 Å². The van der Waals surface area contributed by atoms with Crippen LogP contribution in [0.4, 0.5) is 0 Å². The number of likely N-dealkylation sites (tertiary alicyclic amines) is 1. The molecule has 0 aromatic carbocycles. The van der Waals surface area contributed by atoms with Gasteiger partial charge in [0, 0.05) is 20.2 Å². The van der Waals surface area contributed by atoms with Gasteiger partial charge in [-0.25, -0.2) is 0 Å². The predicted octanol–water partition coefficient (Wildman–Crippen LogP) is 2.51. The molecule has 0 aromatic heterocycles. The molecule has 1 rings (SSSR count). The van der Waals surface area contributed by atoms with Crippen LogP contribution >= 0.6 is 0 Å². The van der Waals surface area contributed by atoms with Crippen LogP contribution in [0.3, 0.4) is 0 Å². The van der Waals surface area contributed by atoms with Gasteiger partial charge in [-0.1, -0.05) is 13.8 Å². The molecule has 1 aliphatic rings. The third-order valence-electron chi connectivity index (χ3n) is 1.90. The largest absolute Gasteiger partial charge is 0.379 e. The molecule has 1 fully saturated rings. The summed E-state index contributed by atoms with van der Waals surface area (Å²) < 4.78 is 4.94.